The zero-order valence-corrected chi connectivity index (χ0v) is 13.5. The minimum atomic E-state index is -0.485. The maximum Gasteiger partial charge on any atom is 0.340 e. The Morgan fingerprint density at radius 2 is 1.27 bits per heavy atom. The molecular weight excluding hydrogens is 328 g/mol. The summed E-state index contributed by atoms with van der Waals surface area (Å²) in [6, 6.07) is 20.7. The number of aromatic nitrogens is 2. The van der Waals surface area contributed by atoms with Gasteiger partial charge in [-0.25, -0.2) is 9.36 Å². The molecule has 0 amide bonds. The van der Waals surface area contributed by atoms with Gasteiger partial charge in [-0.05, 0) is 36.4 Å². The van der Waals surface area contributed by atoms with E-state index in [-0.39, 0.29) is 5.43 Å². The number of para-hydroxylation sites is 3. The Hall–Kier alpha value is -3.73. The van der Waals surface area contributed by atoms with Crippen LogP contribution in [0.1, 0.15) is 0 Å². The number of benzene rings is 3. The van der Waals surface area contributed by atoms with Gasteiger partial charge in [0.1, 0.15) is 0 Å². The molecule has 0 bridgehead atoms. The molecule has 2 aromatic heterocycles. The number of rotatable bonds is 1. The summed E-state index contributed by atoms with van der Waals surface area (Å²) in [6.07, 6.45) is 0. The van der Waals surface area contributed by atoms with Crippen molar-refractivity contribution in [1.29, 1.82) is 0 Å². The molecular formula is C21H12N2O3. The molecule has 3 aromatic carbocycles. The first-order chi connectivity index (χ1) is 12.7. The maximum atomic E-state index is 13.3. The zero-order valence-electron chi connectivity index (χ0n) is 13.5. The second kappa shape index (κ2) is 5.13. The van der Waals surface area contributed by atoms with Crippen LogP contribution < -0.4 is 16.7 Å². The monoisotopic (exact) mass is 340 g/mol. The van der Waals surface area contributed by atoms with E-state index in [0.29, 0.717) is 32.9 Å². The Morgan fingerprint density at radius 3 is 2.08 bits per heavy atom. The molecule has 2 heterocycles. The van der Waals surface area contributed by atoms with Crippen molar-refractivity contribution in [3.63, 3.8) is 0 Å². The molecule has 0 atom stereocenters. The fraction of sp³-hybridized carbons (Fsp3) is 0. The molecule has 0 spiro atoms. The average molecular weight is 340 g/mol. The normalized spacial score (nSPS) is 11.5. The SMILES string of the molecule is O=c1c2ccccc2n2c(=O)n(-c3ccccc3)c(=O)c3cccc1c32. The lowest BCUT2D eigenvalue weighted by atomic mass is 10.1. The summed E-state index contributed by atoms with van der Waals surface area (Å²) in [6.45, 7) is 0. The van der Waals surface area contributed by atoms with Crippen LogP contribution in [0.25, 0.3) is 32.9 Å². The Kier molecular flexibility index (Phi) is 2.88. The van der Waals surface area contributed by atoms with Crippen molar-refractivity contribution >= 4 is 27.2 Å². The quantitative estimate of drug-likeness (QED) is 0.348. The van der Waals surface area contributed by atoms with Crippen molar-refractivity contribution in [3.05, 3.63) is 104 Å². The molecule has 0 aliphatic rings. The van der Waals surface area contributed by atoms with E-state index in [2.05, 4.69) is 0 Å². The van der Waals surface area contributed by atoms with Crippen LogP contribution in [0.2, 0.25) is 0 Å². The summed E-state index contributed by atoms with van der Waals surface area (Å²) in [5, 5.41) is 1.16. The molecule has 0 N–H and O–H groups in total. The third-order valence-electron chi connectivity index (χ3n) is 4.72. The average Bonchev–Trinajstić information content (AvgIpc) is 2.68. The van der Waals surface area contributed by atoms with Crippen LogP contribution in [-0.4, -0.2) is 8.97 Å². The van der Waals surface area contributed by atoms with Crippen molar-refractivity contribution in [1.82, 2.24) is 8.97 Å². The van der Waals surface area contributed by atoms with E-state index in [1.165, 1.54) is 4.40 Å². The number of nitrogens with zero attached hydrogens (tertiary/aromatic N) is 2. The molecule has 5 rings (SSSR count). The van der Waals surface area contributed by atoms with E-state index in [0.717, 1.165) is 4.57 Å². The lowest BCUT2D eigenvalue weighted by Gasteiger charge is -2.13. The Balaban J connectivity index is 2.19. The highest BCUT2D eigenvalue weighted by Crippen LogP contribution is 2.20. The van der Waals surface area contributed by atoms with Crippen LogP contribution in [0.5, 0.6) is 0 Å². The summed E-state index contributed by atoms with van der Waals surface area (Å²) in [5.41, 5.74) is 0.271. The highest BCUT2D eigenvalue weighted by molar-refractivity contribution is 6.01. The van der Waals surface area contributed by atoms with Gasteiger partial charge in [0.15, 0.2) is 5.43 Å². The van der Waals surface area contributed by atoms with Crippen LogP contribution >= 0.6 is 0 Å². The first kappa shape index (κ1) is 14.6. The van der Waals surface area contributed by atoms with E-state index in [1.54, 1.807) is 66.7 Å². The van der Waals surface area contributed by atoms with Gasteiger partial charge in [0, 0.05) is 10.8 Å². The van der Waals surface area contributed by atoms with Gasteiger partial charge in [-0.2, -0.15) is 0 Å². The third-order valence-corrected chi connectivity index (χ3v) is 4.72. The Morgan fingerprint density at radius 1 is 0.615 bits per heavy atom. The van der Waals surface area contributed by atoms with Gasteiger partial charge in [-0.15, -0.1) is 0 Å². The minimum Gasteiger partial charge on any atom is -0.288 e. The summed E-state index contributed by atoms with van der Waals surface area (Å²) in [5.74, 6) is 0. The number of hydrogen-bond acceptors (Lipinski definition) is 3. The topological polar surface area (TPSA) is 60.5 Å². The maximum absolute atomic E-state index is 13.3. The predicted molar refractivity (Wildman–Crippen MR) is 102 cm³/mol. The molecule has 124 valence electrons. The predicted octanol–water partition coefficient (Wildman–Crippen LogP) is 2.55. The molecule has 26 heavy (non-hydrogen) atoms. The summed E-state index contributed by atoms with van der Waals surface area (Å²) >= 11 is 0. The summed E-state index contributed by atoms with van der Waals surface area (Å²) < 4.78 is 2.62. The van der Waals surface area contributed by atoms with Crippen LogP contribution in [0.3, 0.4) is 0 Å². The number of fused-ring (bicyclic) bond motifs is 2. The molecule has 0 unspecified atom stereocenters. The third kappa shape index (κ3) is 1.77. The highest BCUT2D eigenvalue weighted by atomic mass is 16.2. The van der Waals surface area contributed by atoms with Crippen molar-refractivity contribution in [2.45, 2.75) is 0 Å². The standard InChI is InChI=1S/C21H12N2O3/c24-19-14-9-4-5-12-17(14)23-18-15(19)10-6-11-16(18)20(25)22(21(23)26)13-7-2-1-3-8-13/h1-12H. The molecule has 0 fully saturated rings. The van der Waals surface area contributed by atoms with Gasteiger partial charge in [0.05, 0.1) is 22.1 Å². The first-order valence-electron chi connectivity index (χ1n) is 8.19. The fourth-order valence-electron chi connectivity index (χ4n) is 3.58. The van der Waals surface area contributed by atoms with Crippen LogP contribution in [-0.2, 0) is 0 Å². The van der Waals surface area contributed by atoms with Crippen molar-refractivity contribution in [3.8, 4) is 5.69 Å². The van der Waals surface area contributed by atoms with Crippen molar-refractivity contribution in [2.24, 2.45) is 0 Å². The largest absolute Gasteiger partial charge is 0.340 e. The Bertz CT molecular complexity index is 1480. The van der Waals surface area contributed by atoms with Gasteiger partial charge < -0.3 is 0 Å². The molecule has 0 saturated heterocycles. The van der Waals surface area contributed by atoms with E-state index >= 15 is 0 Å². The molecule has 0 aliphatic carbocycles. The van der Waals surface area contributed by atoms with E-state index in [1.807, 2.05) is 6.07 Å². The fourth-order valence-corrected chi connectivity index (χ4v) is 3.58. The van der Waals surface area contributed by atoms with Gasteiger partial charge in [0.2, 0.25) is 0 Å². The summed E-state index contributed by atoms with van der Waals surface area (Å²) in [7, 11) is 0. The smallest absolute Gasteiger partial charge is 0.288 e. The van der Waals surface area contributed by atoms with Crippen LogP contribution in [0.15, 0.2) is 87.2 Å². The number of hydrogen-bond donors (Lipinski definition) is 0. The van der Waals surface area contributed by atoms with Crippen molar-refractivity contribution in [2.75, 3.05) is 0 Å². The van der Waals surface area contributed by atoms with Gasteiger partial charge in [-0.3, -0.25) is 14.0 Å². The minimum absolute atomic E-state index is 0.178. The second-order valence-electron chi connectivity index (χ2n) is 6.14. The zero-order chi connectivity index (χ0) is 17.8. The summed E-state index contributed by atoms with van der Waals surface area (Å²) in [4.78, 5) is 39.2. The lowest BCUT2D eigenvalue weighted by Crippen LogP contribution is -2.37. The molecule has 0 radical (unpaired) electrons. The molecule has 0 aliphatic heterocycles. The Labute approximate surface area is 146 Å². The van der Waals surface area contributed by atoms with Crippen LogP contribution in [0.4, 0.5) is 0 Å². The first-order valence-corrected chi connectivity index (χ1v) is 8.19. The molecule has 5 aromatic rings. The van der Waals surface area contributed by atoms with E-state index < -0.39 is 11.2 Å². The molecule has 0 saturated carbocycles. The van der Waals surface area contributed by atoms with Gasteiger partial charge in [0.25, 0.3) is 5.56 Å². The number of pyridine rings is 1. The van der Waals surface area contributed by atoms with E-state index in [9.17, 15) is 14.4 Å². The lowest BCUT2D eigenvalue weighted by molar-refractivity contribution is 0.871. The van der Waals surface area contributed by atoms with E-state index in [4.69, 9.17) is 0 Å². The van der Waals surface area contributed by atoms with Crippen molar-refractivity contribution < 1.29 is 0 Å². The second-order valence-corrected chi connectivity index (χ2v) is 6.14. The highest BCUT2D eigenvalue weighted by Gasteiger charge is 2.18. The van der Waals surface area contributed by atoms with Gasteiger partial charge >= 0.3 is 5.69 Å². The molecule has 5 nitrogen and oxygen atoms in total. The molecule has 5 heteroatoms. The van der Waals surface area contributed by atoms with Gasteiger partial charge in [-0.1, -0.05) is 36.4 Å². The van der Waals surface area contributed by atoms with Crippen LogP contribution in [0, 0.1) is 0 Å².